The van der Waals surface area contributed by atoms with Gasteiger partial charge in [-0.25, -0.2) is 14.6 Å². The van der Waals surface area contributed by atoms with E-state index in [4.69, 9.17) is 9.47 Å². The number of aromatic nitrogens is 4. The molecule has 0 bridgehead atoms. The summed E-state index contributed by atoms with van der Waals surface area (Å²) in [6.07, 6.45) is -0.516. The summed E-state index contributed by atoms with van der Waals surface area (Å²) in [6.45, 7) is -0.405. The number of rotatable bonds is 7. The topological polar surface area (TPSA) is 126 Å². The maximum absolute atomic E-state index is 12.9. The van der Waals surface area contributed by atoms with Gasteiger partial charge >= 0.3 is 17.8 Å². The summed E-state index contributed by atoms with van der Waals surface area (Å²) in [4.78, 5) is 54.0. The Kier molecular flexibility index (Phi) is 6.76. The highest BCUT2D eigenvalue weighted by molar-refractivity contribution is 5.78. The fourth-order valence-electron chi connectivity index (χ4n) is 3.53. The summed E-state index contributed by atoms with van der Waals surface area (Å²) in [6, 6.07) is 17.8. The normalized spacial score (nSPS) is 11.7. The van der Waals surface area contributed by atoms with E-state index in [0.29, 0.717) is 5.56 Å². The molecule has 0 aliphatic rings. The van der Waals surface area contributed by atoms with Crippen LogP contribution in [-0.4, -0.2) is 37.3 Å². The average molecular weight is 477 g/mol. The third kappa shape index (κ3) is 4.98. The van der Waals surface area contributed by atoms with E-state index < -0.39 is 36.1 Å². The van der Waals surface area contributed by atoms with E-state index in [1.165, 1.54) is 29.6 Å². The average Bonchev–Trinajstić information content (AvgIpc) is 3.33. The second-order valence-electron chi connectivity index (χ2n) is 7.70. The number of fused-ring (bicyclic) bond motifs is 1. The molecule has 11 nitrogen and oxygen atoms in total. The molecule has 0 aliphatic carbocycles. The summed E-state index contributed by atoms with van der Waals surface area (Å²) in [5.74, 6) is -0.765. The zero-order valence-corrected chi connectivity index (χ0v) is 19.1. The van der Waals surface area contributed by atoms with Crippen molar-refractivity contribution in [3.05, 3.63) is 99.0 Å². The number of imidazole rings is 1. The van der Waals surface area contributed by atoms with E-state index in [1.807, 2.05) is 30.3 Å². The van der Waals surface area contributed by atoms with E-state index in [2.05, 4.69) is 10.3 Å². The molecule has 2 aromatic carbocycles. The van der Waals surface area contributed by atoms with Crippen LogP contribution in [0.1, 0.15) is 17.4 Å². The maximum Gasteiger partial charge on any atom is 0.407 e. The predicted octanol–water partition coefficient (Wildman–Crippen LogP) is 1.45. The van der Waals surface area contributed by atoms with Crippen LogP contribution in [0.3, 0.4) is 0 Å². The van der Waals surface area contributed by atoms with Crippen LogP contribution < -0.4 is 16.6 Å². The largest absolute Gasteiger partial charge is 0.445 e. The first-order valence-electron chi connectivity index (χ1n) is 10.7. The third-order valence-corrected chi connectivity index (χ3v) is 5.34. The number of hydrogen-bond donors (Lipinski definition) is 1. The van der Waals surface area contributed by atoms with Gasteiger partial charge in [0.2, 0.25) is 6.23 Å². The first-order valence-corrected chi connectivity index (χ1v) is 10.7. The van der Waals surface area contributed by atoms with Crippen molar-refractivity contribution in [2.45, 2.75) is 12.8 Å². The lowest BCUT2D eigenvalue weighted by atomic mass is 10.2. The van der Waals surface area contributed by atoms with Crippen LogP contribution in [0.4, 0.5) is 4.79 Å². The van der Waals surface area contributed by atoms with Crippen LogP contribution in [0.15, 0.2) is 76.6 Å². The van der Waals surface area contributed by atoms with Gasteiger partial charge in [-0.2, -0.15) is 0 Å². The fraction of sp³-hybridized carbons (Fsp3) is 0.208. The summed E-state index contributed by atoms with van der Waals surface area (Å²) >= 11 is 0. The van der Waals surface area contributed by atoms with E-state index >= 15 is 0 Å². The van der Waals surface area contributed by atoms with Gasteiger partial charge in [0.15, 0.2) is 11.2 Å². The number of benzene rings is 2. The molecule has 1 unspecified atom stereocenters. The molecule has 4 aromatic rings. The second kappa shape index (κ2) is 10.1. The number of esters is 1. The van der Waals surface area contributed by atoms with Gasteiger partial charge < -0.3 is 14.8 Å². The Labute approximate surface area is 199 Å². The molecule has 0 aliphatic heterocycles. The van der Waals surface area contributed by atoms with Gasteiger partial charge in [-0.1, -0.05) is 60.7 Å². The van der Waals surface area contributed by atoms with Crippen molar-refractivity contribution in [2.24, 2.45) is 14.1 Å². The monoisotopic (exact) mass is 477 g/mol. The fourth-order valence-corrected chi connectivity index (χ4v) is 3.53. The molecule has 1 N–H and O–H groups in total. The molecule has 1 atom stereocenters. The Hall–Kier alpha value is -4.67. The first-order chi connectivity index (χ1) is 16.9. The first kappa shape index (κ1) is 23.5. The predicted molar refractivity (Wildman–Crippen MR) is 126 cm³/mol. The lowest BCUT2D eigenvalue weighted by Gasteiger charge is -2.20. The number of carbonyl (C=O) groups is 2. The molecule has 2 heterocycles. The number of carbonyl (C=O) groups excluding carboxylic acids is 2. The van der Waals surface area contributed by atoms with Crippen LogP contribution in [0.25, 0.3) is 11.2 Å². The molecular formula is C24H23N5O6. The lowest BCUT2D eigenvalue weighted by molar-refractivity contribution is -0.149. The van der Waals surface area contributed by atoms with Gasteiger partial charge in [0, 0.05) is 19.7 Å². The molecule has 0 radical (unpaired) electrons. The van der Waals surface area contributed by atoms with E-state index in [1.54, 1.807) is 30.3 Å². The standard InChI is InChI=1S/C24H23N5O6/c1-27-20-19(21(31)28(2)24(27)33)29(15-26-20)22(17-11-7-4-8-12-17)35-18(30)13-25-23(32)34-14-16-9-5-3-6-10-16/h3-12,15,22H,13-14H2,1-2H3,(H,25,32). The zero-order valence-electron chi connectivity index (χ0n) is 19.1. The molecule has 2 aromatic heterocycles. The third-order valence-electron chi connectivity index (χ3n) is 5.34. The molecule has 180 valence electrons. The van der Waals surface area contributed by atoms with Gasteiger partial charge in [0.1, 0.15) is 19.5 Å². The van der Waals surface area contributed by atoms with Crippen molar-refractivity contribution in [2.75, 3.05) is 6.54 Å². The zero-order chi connectivity index (χ0) is 24.9. The van der Waals surface area contributed by atoms with Crippen molar-refractivity contribution in [3.63, 3.8) is 0 Å². The number of nitrogens with one attached hydrogen (secondary N) is 1. The molecule has 11 heteroatoms. The highest BCUT2D eigenvalue weighted by Crippen LogP contribution is 2.23. The Bertz CT molecular complexity index is 1470. The minimum absolute atomic E-state index is 0.0530. The summed E-state index contributed by atoms with van der Waals surface area (Å²) in [5.41, 5.74) is 0.489. The van der Waals surface area contributed by atoms with Crippen molar-refractivity contribution in [3.8, 4) is 0 Å². The Balaban J connectivity index is 1.54. The van der Waals surface area contributed by atoms with E-state index in [-0.39, 0.29) is 17.8 Å². The minimum Gasteiger partial charge on any atom is -0.445 e. The van der Waals surface area contributed by atoms with Crippen molar-refractivity contribution < 1.29 is 19.1 Å². The maximum atomic E-state index is 12.9. The number of hydrogen-bond acceptors (Lipinski definition) is 7. The van der Waals surface area contributed by atoms with Gasteiger partial charge in [-0.3, -0.25) is 23.3 Å². The highest BCUT2D eigenvalue weighted by atomic mass is 16.6. The summed E-state index contributed by atoms with van der Waals surface area (Å²) in [7, 11) is 2.85. The van der Waals surface area contributed by atoms with Crippen LogP contribution >= 0.6 is 0 Å². The molecular weight excluding hydrogens is 454 g/mol. The smallest absolute Gasteiger partial charge is 0.407 e. The molecule has 0 spiro atoms. The SMILES string of the molecule is Cn1c(=O)c2c(ncn2C(OC(=O)CNC(=O)OCc2ccccc2)c2ccccc2)n(C)c1=O. The summed E-state index contributed by atoms with van der Waals surface area (Å²) < 4.78 is 14.3. The van der Waals surface area contributed by atoms with Crippen molar-refractivity contribution >= 4 is 23.2 Å². The molecule has 0 saturated carbocycles. The Morgan fingerprint density at radius 1 is 0.971 bits per heavy atom. The van der Waals surface area contributed by atoms with Crippen molar-refractivity contribution in [1.82, 2.24) is 24.0 Å². The van der Waals surface area contributed by atoms with E-state index in [0.717, 1.165) is 10.1 Å². The number of amides is 1. The van der Waals surface area contributed by atoms with Gasteiger partial charge in [-0.15, -0.1) is 0 Å². The lowest BCUT2D eigenvalue weighted by Crippen LogP contribution is -2.38. The number of ether oxygens (including phenoxy) is 2. The second-order valence-corrected chi connectivity index (χ2v) is 7.70. The van der Waals surface area contributed by atoms with Crippen LogP contribution in [0, 0.1) is 0 Å². The van der Waals surface area contributed by atoms with Gasteiger partial charge in [0.05, 0.1) is 0 Å². The number of alkyl carbamates (subject to hydrolysis) is 1. The highest BCUT2D eigenvalue weighted by Gasteiger charge is 2.24. The molecule has 0 fully saturated rings. The Morgan fingerprint density at radius 3 is 2.31 bits per heavy atom. The van der Waals surface area contributed by atoms with E-state index in [9.17, 15) is 19.2 Å². The summed E-state index contributed by atoms with van der Waals surface area (Å²) in [5, 5.41) is 2.36. The molecule has 1 amide bonds. The number of nitrogens with zero attached hydrogens (tertiary/aromatic N) is 4. The number of aryl methyl sites for hydroxylation is 1. The molecule has 35 heavy (non-hydrogen) atoms. The quantitative estimate of drug-likeness (QED) is 0.399. The van der Waals surface area contributed by atoms with Gasteiger partial charge in [-0.05, 0) is 5.56 Å². The van der Waals surface area contributed by atoms with Gasteiger partial charge in [0.25, 0.3) is 5.56 Å². The van der Waals surface area contributed by atoms with Crippen LogP contribution in [0.2, 0.25) is 0 Å². The molecule has 0 saturated heterocycles. The van der Waals surface area contributed by atoms with Crippen molar-refractivity contribution in [1.29, 1.82) is 0 Å². The van der Waals surface area contributed by atoms with Crippen LogP contribution in [-0.2, 0) is 35.0 Å². The Morgan fingerprint density at radius 2 is 1.63 bits per heavy atom. The van der Waals surface area contributed by atoms with Crippen LogP contribution in [0.5, 0.6) is 0 Å². The minimum atomic E-state index is -1.07. The molecule has 4 rings (SSSR count).